The Morgan fingerprint density at radius 1 is 1.41 bits per heavy atom. The van der Waals surface area contributed by atoms with Crippen molar-refractivity contribution in [2.45, 2.75) is 12.6 Å². The second-order valence-electron chi connectivity index (χ2n) is 2.84. The van der Waals surface area contributed by atoms with Crippen LogP contribution in [0.4, 0.5) is 22.0 Å². The van der Waals surface area contributed by atoms with Gasteiger partial charge in [0.05, 0.1) is 10.6 Å². The van der Waals surface area contributed by atoms with Crippen molar-refractivity contribution in [2.24, 2.45) is 0 Å². The van der Waals surface area contributed by atoms with Crippen molar-refractivity contribution in [1.82, 2.24) is 4.98 Å². The summed E-state index contributed by atoms with van der Waals surface area (Å²) in [6.45, 7) is 0. The minimum atomic E-state index is -5.16. The molecule has 0 atom stereocenters. The van der Waals surface area contributed by atoms with Gasteiger partial charge in [0.1, 0.15) is 11.3 Å². The second-order valence-corrected chi connectivity index (χ2v) is 3.25. The van der Waals surface area contributed by atoms with Gasteiger partial charge in [0.2, 0.25) is 0 Å². The van der Waals surface area contributed by atoms with Gasteiger partial charge in [-0.25, -0.2) is 13.6 Å². The van der Waals surface area contributed by atoms with Crippen LogP contribution in [0.3, 0.4) is 0 Å². The van der Waals surface area contributed by atoms with E-state index in [9.17, 15) is 26.7 Å². The zero-order valence-electron chi connectivity index (χ0n) is 7.73. The molecule has 0 saturated carbocycles. The molecule has 94 valence electrons. The Balaban J connectivity index is 3.67. The normalized spacial score (nSPS) is 11.9. The Hall–Kier alpha value is -1.44. The number of nitrogens with zero attached hydrogens (tertiary/aromatic N) is 1. The first kappa shape index (κ1) is 13.6. The van der Waals surface area contributed by atoms with Gasteiger partial charge < -0.3 is 5.11 Å². The lowest BCUT2D eigenvalue weighted by Crippen LogP contribution is -2.17. The Labute approximate surface area is 95.8 Å². The Morgan fingerprint density at radius 2 is 1.94 bits per heavy atom. The first-order valence-electron chi connectivity index (χ1n) is 3.93. The van der Waals surface area contributed by atoms with E-state index in [2.05, 4.69) is 4.98 Å². The maximum Gasteiger partial charge on any atom is 0.418 e. The maximum absolute atomic E-state index is 12.5. The maximum atomic E-state index is 12.5. The average Bonchev–Trinajstić information content (AvgIpc) is 2.14. The molecule has 1 rings (SSSR count). The first-order valence-corrected chi connectivity index (χ1v) is 4.31. The van der Waals surface area contributed by atoms with E-state index < -0.39 is 40.4 Å². The van der Waals surface area contributed by atoms with Gasteiger partial charge in [-0.2, -0.15) is 13.2 Å². The quantitative estimate of drug-likeness (QED) is 0.842. The van der Waals surface area contributed by atoms with Crippen LogP contribution in [0.15, 0.2) is 6.20 Å². The summed E-state index contributed by atoms with van der Waals surface area (Å²) in [5, 5.41) is 7.51. The van der Waals surface area contributed by atoms with Crippen molar-refractivity contribution in [3.8, 4) is 0 Å². The van der Waals surface area contributed by atoms with Crippen molar-refractivity contribution in [2.75, 3.05) is 0 Å². The molecule has 0 aromatic carbocycles. The van der Waals surface area contributed by atoms with E-state index >= 15 is 0 Å². The number of rotatable bonds is 2. The number of hydrogen-bond acceptors (Lipinski definition) is 2. The number of hydrogen-bond donors (Lipinski definition) is 1. The Bertz CT molecular complexity index is 460. The van der Waals surface area contributed by atoms with E-state index in [1.54, 1.807) is 0 Å². The molecule has 9 heteroatoms. The minimum absolute atomic E-state index is 0.346. The van der Waals surface area contributed by atoms with Crippen molar-refractivity contribution >= 4 is 17.6 Å². The van der Waals surface area contributed by atoms with Crippen molar-refractivity contribution < 1.29 is 31.9 Å². The highest BCUT2D eigenvalue weighted by Crippen LogP contribution is 2.39. The smallest absolute Gasteiger partial charge is 0.418 e. The zero-order valence-corrected chi connectivity index (χ0v) is 8.48. The van der Waals surface area contributed by atoms with Crippen LogP contribution in [0, 0.1) is 0 Å². The molecule has 17 heavy (non-hydrogen) atoms. The molecular weight excluding hydrogens is 273 g/mol. The molecule has 0 spiro atoms. The summed E-state index contributed by atoms with van der Waals surface area (Å²) in [4.78, 5) is 13.5. The standard InChI is InChI=1S/C8H3ClF5NO2/c9-2-1-15-5(6(10)11)3(7(16)17)4(2)8(12,13)14/h1,6H,(H,16,17). The van der Waals surface area contributed by atoms with E-state index in [4.69, 9.17) is 16.7 Å². The fourth-order valence-corrected chi connectivity index (χ4v) is 1.41. The van der Waals surface area contributed by atoms with Crippen LogP contribution in [0.2, 0.25) is 5.02 Å². The molecule has 0 aliphatic carbocycles. The van der Waals surface area contributed by atoms with Gasteiger partial charge in [-0.1, -0.05) is 11.6 Å². The molecule has 0 unspecified atom stereocenters. The lowest BCUT2D eigenvalue weighted by atomic mass is 10.1. The molecular formula is C8H3ClF5NO2. The van der Waals surface area contributed by atoms with Crippen LogP contribution in [-0.4, -0.2) is 16.1 Å². The molecule has 1 aromatic heterocycles. The van der Waals surface area contributed by atoms with E-state index in [1.165, 1.54) is 0 Å². The Kier molecular flexibility index (Phi) is 3.56. The molecule has 0 aliphatic rings. The number of pyridine rings is 1. The molecule has 1 aromatic rings. The topological polar surface area (TPSA) is 50.2 Å². The highest BCUT2D eigenvalue weighted by atomic mass is 35.5. The van der Waals surface area contributed by atoms with Crippen LogP contribution < -0.4 is 0 Å². The minimum Gasteiger partial charge on any atom is -0.478 e. The molecule has 0 bridgehead atoms. The molecule has 0 radical (unpaired) electrons. The Morgan fingerprint density at radius 3 is 2.29 bits per heavy atom. The van der Waals surface area contributed by atoms with Gasteiger partial charge in [-0.3, -0.25) is 4.98 Å². The zero-order chi connectivity index (χ0) is 13.4. The van der Waals surface area contributed by atoms with Crippen LogP contribution in [0.1, 0.15) is 28.0 Å². The van der Waals surface area contributed by atoms with E-state index in [0.29, 0.717) is 6.20 Å². The number of aromatic nitrogens is 1. The number of alkyl halides is 5. The van der Waals surface area contributed by atoms with E-state index in [-0.39, 0.29) is 0 Å². The van der Waals surface area contributed by atoms with Crippen molar-refractivity contribution in [3.63, 3.8) is 0 Å². The lowest BCUT2D eigenvalue weighted by Gasteiger charge is -2.14. The summed E-state index contributed by atoms with van der Waals surface area (Å²) >= 11 is 5.14. The van der Waals surface area contributed by atoms with Crippen molar-refractivity contribution in [3.05, 3.63) is 28.0 Å². The number of carboxylic acids is 1. The first-order chi connectivity index (χ1) is 7.66. The third-order valence-corrected chi connectivity index (χ3v) is 2.05. The van der Waals surface area contributed by atoms with Gasteiger partial charge in [0, 0.05) is 6.20 Å². The third kappa shape index (κ3) is 2.63. The van der Waals surface area contributed by atoms with Gasteiger partial charge >= 0.3 is 12.1 Å². The van der Waals surface area contributed by atoms with Gasteiger partial charge in [-0.05, 0) is 0 Å². The molecule has 0 saturated heterocycles. The summed E-state index contributed by atoms with van der Waals surface area (Å²) in [5.74, 6) is -2.16. The fourth-order valence-electron chi connectivity index (χ4n) is 1.16. The fraction of sp³-hybridized carbons (Fsp3) is 0.250. The van der Waals surface area contributed by atoms with Crippen LogP contribution in [-0.2, 0) is 6.18 Å². The molecule has 0 aliphatic heterocycles. The van der Waals surface area contributed by atoms with E-state index in [1.807, 2.05) is 0 Å². The SMILES string of the molecule is O=C(O)c1c(C(F)F)ncc(Cl)c1C(F)(F)F. The summed E-state index contributed by atoms with van der Waals surface area (Å²) < 4.78 is 62.2. The number of aromatic carboxylic acids is 1. The number of halogens is 6. The van der Waals surface area contributed by atoms with Gasteiger partial charge in [0.15, 0.2) is 0 Å². The highest BCUT2D eigenvalue weighted by Gasteiger charge is 2.41. The molecule has 3 nitrogen and oxygen atoms in total. The average molecular weight is 276 g/mol. The summed E-state index contributed by atoms with van der Waals surface area (Å²) in [5.41, 5.74) is -4.91. The molecule has 1 N–H and O–H groups in total. The summed E-state index contributed by atoms with van der Waals surface area (Å²) in [6, 6.07) is 0. The lowest BCUT2D eigenvalue weighted by molar-refractivity contribution is -0.138. The highest BCUT2D eigenvalue weighted by molar-refractivity contribution is 6.31. The largest absolute Gasteiger partial charge is 0.478 e. The number of carboxylic acid groups (broad SMARTS) is 1. The summed E-state index contributed by atoms with van der Waals surface area (Å²) in [7, 11) is 0. The van der Waals surface area contributed by atoms with Crippen LogP contribution >= 0.6 is 11.6 Å². The van der Waals surface area contributed by atoms with Crippen molar-refractivity contribution in [1.29, 1.82) is 0 Å². The van der Waals surface area contributed by atoms with Crippen LogP contribution in [0.25, 0.3) is 0 Å². The van der Waals surface area contributed by atoms with Gasteiger partial charge in [0.25, 0.3) is 6.43 Å². The molecule has 0 amide bonds. The molecule has 0 fully saturated rings. The third-order valence-electron chi connectivity index (χ3n) is 1.77. The predicted molar refractivity (Wildman–Crippen MR) is 46.2 cm³/mol. The monoisotopic (exact) mass is 275 g/mol. The van der Waals surface area contributed by atoms with Gasteiger partial charge in [-0.15, -0.1) is 0 Å². The second kappa shape index (κ2) is 4.44. The predicted octanol–water partition coefficient (Wildman–Crippen LogP) is 3.39. The molecule has 1 heterocycles. The van der Waals surface area contributed by atoms with E-state index in [0.717, 1.165) is 0 Å². The number of carbonyl (C=O) groups is 1. The summed E-state index contributed by atoms with van der Waals surface area (Å²) in [6.07, 6.45) is -8.25. The van der Waals surface area contributed by atoms with Crippen LogP contribution in [0.5, 0.6) is 0 Å².